The Bertz CT molecular complexity index is 372. The van der Waals surface area contributed by atoms with E-state index in [1.165, 1.54) is 4.88 Å². The number of nitrogens with one attached hydrogen (secondary N) is 2. The molecule has 0 unspecified atom stereocenters. The monoisotopic (exact) mass is 265 g/mol. The SMILES string of the molecule is CNCc1ncc(-c2cccs2)[nH]1.Cl.Cl. The molecule has 84 valence electrons. The van der Waals surface area contributed by atoms with Gasteiger partial charge in [0.05, 0.1) is 23.3 Å². The first-order chi connectivity index (χ1) is 6.40. The maximum absolute atomic E-state index is 4.25. The number of imidazole rings is 1. The summed E-state index contributed by atoms with van der Waals surface area (Å²) in [5.41, 5.74) is 1.10. The summed E-state index contributed by atoms with van der Waals surface area (Å²) in [5, 5.41) is 5.12. The maximum atomic E-state index is 4.25. The minimum Gasteiger partial charge on any atom is -0.340 e. The minimum atomic E-state index is 0. The van der Waals surface area contributed by atoms with Gasteiger partial charge >= 0.3 is 0 Å². The number of hydrogen-bond donors (Lipinski definition) is 2. The van der Waals surface area contributed by atoms with Gasteiger partial charge in [-0.3, -0.25) is 0 Å². The molecule has 3 nitrogen and oxygen atoms in total. The van der Waals surface area contributed by atoms with Crippen molar-refractivity contribution >= 4 is 36.2 Å². The van der Waals surface area contributed by atoms with Crippen molar-refractivity contribution in [3.05, 3.63) is 29.5 Å². The highest BCUT2D eigenvalue weighted by atomic mass is 35.5. The van der Waals surface area contributed by atoms with Crippen molar-refractivity contribution in [3.8, 4) is 10.6 Å². The van der Waals surface area contributed by atoms with Gasteiger partial charge in [0.15, 0.2) is 0 Å². The van der Waals surface area contributed by atoms with Crippen LogP contribution in [0.3, 0.4) is 0 Å². The van der Waals surface area contributed by atoms with Crippen LogP contribution in [0, 0.1) is 0 Å². The molecule has 0 aliphatic heterocycles. The molecule has 0 aliphatic carbocycles. The second-order valence-corrected chi connectivity index (χ2v) is 3.70. The Labute approximate surface area is 105 Å². The van der Waals surface area contributed by atoms with Crippen LogP contribution in [0.1, 0.15) is 5.82 Å². The molecular formula is C9H13Cl2N3S. The van der Waals surface area contributed by atoms with Crippen molar-refractivity contribution in [3.63, 3.8) is 0 Å². The molecule has 0 atom stereocenters. The Morgan fingerprint density at radius 3 is 2.87 bits per heavy atom. The van der Waals surface area contributed by atoms with E-state index in [1.54, 1.807) is 11.3 Å². The van der Waals surface area contributed by atoms with Gasteiger partial charge in [0.25, 0.3) is 0 Å². The van der Waals surface area contributed by atoms with Gasteiger partial charge in [-0.2, -0.15) is 0 Å². The molecule has 0 aromatic carbocycles. The predicted molar refractivity (Wildman–Crippen MR) is 69.2 cm³/mol. The first-order valence-electron chi connectivity index (χ1n) is 4.12. The quantitative estimate of drug-likeness (QED) is 0.896. The normalized spacial score (nSPS) is 9.13. The maximum Gasteiger partial charge on any atom is 0.120 e. The van der Waals surface area contributed by atoms with Gasteiger partial charge in [0, 0.05) is 0 Å². The number of halogens is 2. The lowest BCUT2D eigenvalue weighted by atomic mass is 10.4. The molecule has 2 heterocycles. The zero-order chi connectivity index (χ0) is 9.10. The zero-order valence-corrected chi connectivity index (χ0v) is 10.6. The van der Waals surface area contributed by atoms with Gasteiger partial charge in [-0.05, 0) is 18.5 Å². The van der Waals surface area contributed by atoms with Gasteiger partial charge in [0.2, 0.25) is 0 Å². The lowest BCUT2D eigenvalue weighted by molar-refractivity contribution is 0.772. The smallest absolute Gasteiger partial charge is 0.120 e. The van der Waals surface area contributed by atoms with Crippen molar-refractivity contribution in [2.75, 3.05) is 7.05 Å². The highest BCUT2D eigenvalue weighted by Crippen LogP contribution is 2.22. The Morgan fingerprint density at radius 1 is 1.47 bits per heavy atom. The number of hydrogen-bond acceptors (Lipinski definition) is 3. The van der Waals surface area contributed by atoms with E-state index in [1.807, 2.05) is 19.3 Å². The standard InChI is InChI=1S/C9H11N3S.2ClH/c1-10-6-9-11-5-7(12-9)8-3-2-4-13-8;;/h2-5,10H,6H2,1H3,(H,11,12);2*1H. The summed E-state index contributed by atoms with van der Waals surface area (Å²) in [5.74, 6) is 0.978. The highest BCUT2D eigenvalue weighted by Gasteiger charge is 2.02. The van der Waals surface area contributed by atoms with Gasteiger partial charge in [-0.25, -0.2) is 4.98 Å². The van der Waals surface area contributed by atoms with Crippen molar-refractivity contribution in [2.45, 2.75) is 6.54 Å². The predicted octanol–water partition coefficient (Wildman–Crippen LogP) is 2.70. The summed E-state index contributed by atoms with van der Waals surface area (Å²) in [4.78, 5) is 8.74. The Balaban J connectivity index is 0.000000980. The van der Waals surface area contributed by atoms with Gasteiger partial charge < -0.3 is 10.3 Å². The molecule has 2 rings (SSSR count). The minimum absolute atomic E-state index is 0. The van der Waals surface area contributed by atoms with Crippen LogP contribution in [0.4, 0.5) is 0 Å². The van der Waals surface area contributed by atoms with Gasteiger partial charge in [0.1, 0.15) is 5.82 Å². The molecule has 0 fully saturated rings. The molecule has 15 heavy (non-hydrogen) atoms. The molecule has 2 N–H and O–H groups in total. The van der Waals surface area contributed by atoms with E-state index in [4.69, 9.17) is 0 Å². The van der Waals surface area contributed by atoms with Crippen molar-refractivity contribution in [1.29, 1.82) is 0 Å². The Morgan fingerprint density at radius 2 is 2.27 bits per heavy atom. The van der Waals surface area contributed by atoms with Crippen molar-refractivity contribution in [2.24, 2.45) is 0 Å². The van der Waals surface area contributed by atoms with Crippen LogP contribution in [0.2, 0.25) is 0 Å². The van der Waals surface area contributed by atoms with Crippen molar-refractivity contribution < 1.29 is 0 Å². The zero-order valence-electron chi connectivity index (χ0n) is 8.19. The van der Waals surface area contributed by atoms with Gasteiger partial charge in [-0.1, -0.05) is 6.07 Å². The van der Waals surface area contributed by atoms with Crippen LogP contribution in [0.5, 0.6) is 0 Å². The van der Waals surface area contributed by atoms with E-state index >= 15 is 0 Å². The molecule has 2 aromatic rings. The second kappa shape index (κ2) is 6.85. The average Bonchev–Trinajstić information content (AvgIpc) is 2.70. The molecule has 0 saturated heterocycles. The number of rotatable bonds is 3. The first kappa shape index (κ1) is 14.5. The summed E-state index contributed by atoms with van der Waals surface area (Å²) in [6.45, 7) is 0.783. The summed E-state index contributed by atoms with van der Waals surface area (Å²) < 4.78 is 0. The van der Waals surface area contributed by atoms with E-state index in [0.29, 0.717) is 0 Å². The molecule has 0 saturated carbocycles. The number of aromatic amines is 1. The summed E-state index contributed by atoms with van der Waals surface area (Å²) in [6.07, 6.45) is 1.87. The van der Waals surface area contributed by atoms with Crippen molar-refractivity contribution in [1.82, 2.24) is 15.3 Å². The summed E-state index contributed by atoms with van der Waals surface area (Å²) >= 11 is 1.72. The Hall–Kier alpha value is -0.550. The topological polar surface area (TPSA) is 40.7 Å². The van der Waals surface area contributed by atoms with Crippen LogP contribution >= 0.6 is 36.2 Å². The van der Waals surface area contributed by atoms with Crippen LogP contribution < -0.4 is 5.32 Å². The number of thiophene rings is 1. The first-order valence-corrected chi connectivity index (χ1v) is 5.00. The molecular weight excluding hydrogens is 253 g/mol. The molecule has 0 bridgehead atoms. The third-order valence-electron chi connectivity index (χ3n) is 1.76. The van der Waals surface area contributed by atoms with E-state index in [2.05, 4.69) is 26.7 Å². The Kier molecular flexibility index (Phi) is 6.60. The third kappa shape index (κ3) is 3.50. The largest absolute Gasteiger partial charge is 0.340 e. The number of nitrogens with zero attached hydrogens (tertiary/aromatic N) is 1. The van der Waals surface area contributed by atoms with Crippen LogP contribution in [-0.4, -0.2) is 17.0 Å². The third-order valence-corrected chi connectivity index (χ3v) is 2.66. The highest BCUT2D eigenvalue weighted by molar-refractivity contribution is 7.13. The van der Waals surface area contributed by atoms with Gasteiger partial charge in [-0.15, -0.1) is 36.2 Å². The fourth-order valence-corrected chi connectivity index (χ4v) is 1.87. The van der Waals surface area contributed by atoms with E-state index < -0.39 is 0 Å². The van der Waals surface area contributed by atoms with E-state index in [9.17, 15) is 0 Å². The molecule has 0 aliphatic rings. The van der Waals surface area contributed by atoms with Crippen LogP contribution in [-0.2, 0) is 6.54 Å². The van der Waals surface area contributed by atoms with Crippen LogP contribution in [0.15, 0.2) is 23.7 Å². The summed E-state index contributed by atoms with van der Waals surface area (Å²) in [7, 11) is 1.91. The lowest BCUT2D eigenvalue weighted by Gasteiger charge is -1.92. The average molecular weight is 266 g/mol. The van der Waals surface area contributed by atoms with E-state index in [-0.39, 0.29) is 24.8 Å². The molecule has 6 heteroatoms. The molecule has 0 spiro atoms. The molecule has 2 aromatic heterocycles. The molecule has 0 radical (unpaired) electrons. The molecule has 0 amide bonds. The number of H-pyrrole nitrogens is 1. The fraction of sp³-hybridized carbons (Fsp3) is 0.222. The fourth-order valence-electron chi connectivity index (χ4n) is 1.18. The van der Waals surface area contributed by atoms with Crippen LogP contribution in [0.25, 0.3) is 10.6 Å². The van der Waals surface area contributed by atoms with E-state index in [0.717, 1.165) is 18.1 Å². The lowest BCUT2D eigenvalue weighted by Crippen LogP contribution is -2.06. The summed E-state index contributed by atoms with van der Waals surface area (Å²) in [6, 6.07) is 4.12. The second-order valence-electron chi connectivity index (χ2n) is 2.75. The number of aromatic nitrogens is 2.